The Hall–Kier alpha value is -3.35. The molecule has 3 heterocycles. The molecule has 0 atom stereocenters. The Balaban J connectivity index is 1.23. The van der Waals surface area contributed by atoms with Crippen LogP contribution in [0, 0.1) is 6.92 Å². The van der Waals surface area contributed by atoms with Crippen molar-refractivity contribution in [2.75, 3.05) is 26.3 Å². The molecule has 1 saturated heterocycles. The average Bonchev–Trinajstić information content (AvgIpc) is 3.29. The zero-order valence-corrected chi connectivity index (χ0v) is 16.8. The van der Waals surface area contributed by atoms with E-state index in [1.54, 1.807) is 18.2 Å². The molecule has 2 aliphatic heterocycles. The number of amides is 1. The third-order valence-corrected chi connectivity index (χ3v) is 5.67. The lowest BCUT2D eigenvalue weighted by atomic mass is 9.96. The molecule has 1 fully saturated rings. The molecule has 0 saturated carbocycles. The Kier molecular flexibility index (Phi) is 4.86. The van der Waals surface area contributed by atoms with Gasteiger partial charge in [-0.25, -0.2) is 0 Å². The van der Waals surface area contributed by atoms with Gasteiger partial charge in [0.2, 0.25) is 11.7 Å². The van der Waals surface area contributed by atoms with Gasteiger partial charge in [-0.15, -0.1) is 0 Å². The Morgan fingerprint density at radius 2 is 1.73 bits per heavy atom. The van der Waals surface area contributed by atoms with Crippen molar-refractivity contribution in [3.63, 3.8) is 0 Å². The molecule has 0 radical (unpaired) electrons. The number of ether oxygens (including phenoxy) is 2. The zero-order valence-electron chi connectivity index (χ0n) is 16.8. The van der Waals surface area contributed by atoms with Gasteiger partial charge in [-0.05, 0) is 38.0 Å². The monoisotopic (exact) mass is 405 g/mol. The fourth-order valence-electron chi connectivity index (χ4n) is 3.91. The molecule has 2 aliphatic rings. The van der Waals surface area contributed by atoms with Crippen molar-refractivity contribution in [1.29, 1.82) is 0 Å². The van der Waals surface area contributed by atoms with E-state index in [9.17, 15) is 4.79 Å². The number of hydrogen-bond acceptors (Lipinski definition) is 6. The standard InChI is InChI=1S/C23H23N3O4/c1-15-2-4-16(5-3-15)21-24-22(30-25-21)17-8-10-26(11-9-17)23(27)18-6-7-19-20(14-18)29-13-12-28-19/h2-7,14,17H,8-13H2,1H3. The molecule has 30 heavy (non-hydrogen) atoms. The van der Waals surface area contributed by atoms with Gasteiger partial charge in [0.15, 0.2) is 11.5 Å². The lowest BCUT2D eigenvalue weighted by molar-refractivity contribution is 0.0703. The van der Waals surface area contributed by atoms with Crippen molar-refractivity contribution in [3.8, 4) is 22.9 Å². The van der Waals surface area contributed by atoms with E-state index in [-0.39, 0.29) is 11.8 Å². The lowest BCUT2D eigenvalue weighted by Gasteiger charge is -2.30. The van der Waals surface area contributed by atoms with Crippen molar-refractivity contribution < 1.29 is 18.8 Å². The van der Waals surface area contributed by atoms with E-state index in [1.807, 2.05) is 36.1 Å². The Morgan fingerprint density at radius 1 is 1.00 bits per heavy atom. The van der Waals surface area contributed by atoms with Crippen LogP contribution in [0.15, 0.2) is 47.0 Å². The highest BCUT2D eigenvalue weighted by Crippen LogP contribution is 2.33. The number of carbonyl (C=O) groups excluding carboxylic acids is 1. The number of benzene rings is 2. The van der Waals surface area contributed by atoms with Gasteiger partial charge in [-0.2, -0.15) is 4.98 Å². The van der Waals surface area contributed by atoms with Gasteiger partial charge in [-0.3, -0.25) is 4.79 Å². The van der Waals surface area contributed by atoms with Gasteiger partial charge >= 0.3 is 0 Å². The largest absolute Gasteiger partial charge is 0.486 e. The van der Waals surface area contributed by atoms with E-state index in [1.165, 1.54) is 5.56 Å². The molecule has 7 nitrogen and oxygen atoms in total. The van der Waals surface area contributed by atoms with Gasteiger partial charge in [0.25, 0.3) is 5.91 Å². The van der Waals surface area contributed by atoms with Crippen LogP contribution in [0.2, 0.25) is 0 Å². The molecule has 2 aromatic carbocycles. The molecule has 0 N–H and O–H groups in total. The number of carbonyl (C=O) groups is 1. The number of hydrogen-bond donors (Lipinski definition) is 0. The highest BCUT2D eigenvalue weighted by Gasteiger charge is 2.28. The summed E-state index contributed by atoms with van der Waals surface area (Å²) in [6.07, 6.45) is 1.59. The molecule has 1 amide bonds. The first kappa shape index (κ1) is 18.7. The summed E-state index contributed by atoms with van der Waals surface area (Å²) in [7, 11) is 0. The first-order valence-electron chi connectivity index (χ1n) is 10.3. The van der Waals surface area contributed by atoms with Crippen LogP contribution in [-0.2, 0) is 0 Å². The Morgan fingerprint density at radius 3 is 2.50 bits per heavy atom. The second kappa shape index (κ2) is 7.82. The third-order valence-electron chi connectivity index (χ3n) is 5.67. The van der Waals surface area contributed by atoms with E-state index in [0.29, 0.717) is 55.1 Å². The van der Waals surface area contributed by atoms with Crippen LogP contribution in [0.1, 0.15) is 40.6 Å². The molecule has 0 bridgehead atoms. The molecule has 0 unspecified atom stereocenters. The fourth-order valence-corrected chi connectivity index (χ4v) is 3.91. The second-order valence-electron chi connectivity index (χ2n) is 7.75. The summed E-state index contributed by atoms with van der Waals surface area (Å²) in [6, 6.07) is 13.4. The van der Waals surface area contributed by atoms with Crippen LogP contribution in [0.3, 0.4) is 0 Å². The van der Waals surface area contributed by atoms with Crippen molar-refractivity contribution in [2.24, 2.45) is 0 Å². The number of aryl methyl sites for hydroxylation is 1. The van der Waals surface area contributed by atoms with Crippen LogP contribution in [0.5, 0.6) is 11.5 Å². The van der Waals surface area contributed by atoms with Crippen molar-refractivity contribution in [3.05, 3.63) is 59.5 Å². The molecule has 0 spiro atoms. The highest BCUT2D eigenvalue weighted by atomic mass is 16.6. The number of rotatable bonds is 3. The third kappa shape index (κ3) is 3.63. The predicted octanol–water partition coefficient (Wildman–Crippen LogP) is 3.84. The van der Waals surface area contributed by atoms with E-state index in [0.717, 1.165) is 18.4 Å². The smallest absolute Gasteiger partial charge is 0.253 e. The van der Waals surface area contributed by atoms with Crippen molar-refractivity contribution in [1.82, 2.24) is 15.0 Å². The summed E-state index contributed by atoms with van der Waals surface area (Å²) in [4.78, 5) is 19.4. The maximum Gasteiger partial charge on any atom is 0.253 e. The van der Waals surface area contributed by atoms with Crippen molar-refractivity contribution in [2.45, 2.75) is 25.7 Å². The van der Waals surface area contributed by atoms with E-state index < -0.39 is 0 Å². The van der Waals surface area contributed by atoms with Gasteiger partial charge < -0.3 is 18.9 Å². The van der Waals surface area contributed by atoms with E-state index in [2.05, 4.69) is 10.1 Å². The van der Waals surface area contributed by atoms with Gasteiger partial charge in [0.1, 0.15) is 13.2 Å². The van der Waals surface area contributed by atoms with Gasteiger partial charge in [0, 0.05) is 30.1 Å². The van der Waals surface area contributed by atoms with Crippen LogP contribution in [0.25, 0.3) is 11.4 Å². The Bertz CT molecular complexity index is 1050. The summed E-state index contributed by atoms with van der Waals surface area (Å²) >= 11 is 0. The number of nitrogens with zero attached hydrogens (tertiary/aromatic N) is 3. The van der Waals surface area contributed by atoms with Gasteiger partial charge in [0.05, 0.1) is 0 Å². The lowest BCUT2D eigenvalue weighted by Crippen LogP contribution is -2.38. The normalized spacial score (nSPS) is 16.5. The summed E-state index contributed by atoms with van der Waals surface area (Å²) in [5.41, 5.74) is 2.76. The van der Waals surface area contributed by atoms with Crippen molar-refractivity contribution >= 4 is 5.91 Å². The number of aromatic nitrogens is 2. The number of fused-ring (bicyclic) bond motifs is 1. The maximum absolute atomic E-state index is 12.9. The first-order valence-corrected chi connectivity index (χ1v) is 10.3. The second-order valence-corrected chi connectivity index (χ2v) is 7.75. The molecular formula is C23H23N3O4. The summed E-state index contributed by atoms with van der Waals surface area (Å²) < 4.78 is 16.7. The van der Waals surface area contributed by atoms with Crippen LogP contribution in [-0.4, -0.2) is 47.3 Å². The predicted molar refractivity (Wildman–Crippen MR) is 110 cm³/mol. The van der Waals surface area contributed by atoms with E-state index >= 15 is 0 Å². The minimum absolute atomic E-state index is 0.0105. The zero-order chi connectivity index (χ0) is 20.5. The SMILES string of the molecule is Cc1ccc(-c2noc(C3CCN(C(=O)c4ccc5c(c4)OCCO5)CC3)n2)cc1. The minimum Gasteiger partial charge on any atom is -0.486 e. The summed E-state index contributed by atoms with van der Waals surface area (Å²) in [5, 5.41) is 4.14. The molecule has 3 aromatic rings. The summed E-state index contributed by atoms with van der Waals surface area (Å²) in [6.45, 7) is 4.39. The van der Waals surface area contributed by atoms with E-state index in [4.69, 9.17) is 14.0 Å². The quantitative estimate of drug-likeness (QED) is 0.659. The number of likely N-dealkylation sites (tertiary alicyclic amines) is 1. The minimum atomic E-state index is 0.0105. The molecular weight excluding hydrogens is 382 g/mol. The van der Waals surface area contributed by atoms with Crippen LogP contribution in [0.4, 0.5) is 0 Å². The first-order chi connectivity index (χ1) is 14.7. The molecule has 0 aliphatic carbocycles. The molecule has 7 heteroatoms. The van der Waals surface area contributed by atoms with Crippen LogP contribution >= 0.6 is 0 Å². The molecule has 1 aromatic heterocycles. The highest BCUT2D eigenvalue weighted by molar-refractivity contribution is 5.95. The van der Waals surface area contributed by atoms with Crippen LogP contribution < -0.4 is 9.47 Å². The fraction of sp³-hybridized carbons (Fsp3) is 0.348. The van der Waals surface area contributed by atoms with Gasteiger partial charge in [-0.1, -0.05) is 35.0 Å². The average molecular weight is 405 g/mol. The topological polar surface area (TPSA) is 77.7 Å². The Labute approximate surface area is 174 Å². The summed E-state index contributed by atoms with van der Waals surface area (Å²) in [5.74, 6) is 2.77. The maximum atomic E-state index is 12.9. The molecule has 154 valence electrons. The molecule has 5 rings (SSSR count). The number of piperidine rings is 1.